The molecule has 0 N–H and O–H groups in total. The second-order valence-corrected chi connectivity index (χ2v) is 4.19. The zero-order chi connectivity index (χ0) is 8.39. The molecular formula is C11H12S. The van der Waals surface area contributed by atoms with Crippen molar-refractivity contribution in [2.45, 2.75) is 17.7 Å². The Labute approximate surface area is 77.7 Å². The van der Waals surface area contributed by atoms with Crippen LogP contribution in [0.1, 0.15) is 18.4 Å². The van der Waals surface area contributed by atoms with Crippen LogP contribution in [0.15, 0.2) is 35.7 Å². The fraction of sp³-hybridized carbons (Fsp3) is 0.273. The summed E-state index contributed by atoms with van der Waals surface area (Å²) in [6.45, 7) is 4.10. The highest BCUT2D eigenvalue weighted by Gasteiger charge is 2.09. The van der Waals surface area contributed by atoms with Gasteiger partial charge in [-0.25, -0.2) is 0 Å². The lowest BCUT2D eigenvalue weighted by atomic mass is 10.0. The highest BCUT2D eigenvalue weighted by molar-refractivity contribution is 7.99. The summed E-state index contributed by atoms with van der Waals surface area (Å²) in [5.74, 6) is 1.23. The first-order chi connectivity index (χ1) is 5.88. The highest BCUT2D eigenvalue weighted by Crippen LogP contribution is 2.33. The molecule has 1 aliphatic rings. The summed E-state index contributed by atoms with van der Waals surface area (Å²) in [7, 11) is 0. The first-order valence-corrected chi connectivity index (χ1v) is 5.26. The number of fused-ring (bicyclic) bond motifs is 1. The Morgan fingerprint density at radius 2 is 2.08 bits per heavy atom. The molecule has 12 heavy (non-hydrogen) atoms. The van der Waals surface area contributed by atoms with E-state index in [0.717, 1.165) is 6.42 Å². The molecule has 0 amide bonds. The first kappa shape index (κ1) is 7.93. The van der Waals surface area contributed by atoms with Gasteiger partial charge in [-0.15, -0.1) is 11.8 Å². The van der Waals surface area contributed by atoms with Gasteiger partial charge in [0.1, 0.15) is 0 Å². The van der Waals surface area contributed by atoms with Gasteiger partial charge in [-0.1, -0.05) is 24.8 Å². The largest absolute Gasteiger partial charge is 0.126 e. The molecule has 0 saturated heterocycles. The third-order valence-electron chi connectivity index (χ3n) is 2.15. The van der Waals surface area contributed by atoms with Gasteiger partial charge < -0.3 is 0 Å². The average Bonchev–Trinajstić information content (AvgIpc) is 2.29. The lowest BCUT2D eigenvalue weighted by molar-refractivity contribution is 0.996. The van der Waals surface area contributed by atoms with Crippen LogP contribution in [-0.4, -0.2) is 5.75 Å². The molecule has 62 valence electrons. The van der Waals surface area contributed by atoms with Gasteiger partial charge in [-0.2, -0.15) is 0 Å². The molecule has 0 nitrogen and oxygen atoms in total. The van der Waals surface area contributed by atoms with Gasteiger partial charge >= 0.3 is 0 Å². The Morgan fingerprint density at radius 3 is 3.00 bits per heavy atom. The summed E-state index contributed by atoms with van der Waals surface area (Å²) < 4.78 is 0. The second-order valence-electron chi connectivity index (χ2n) is 3.05. The molecule has 0 unspecified atom stereocenters. The van der Waals surface area contributed by atoms with Crippen molar-refractivity contribution in [2.75, 3.05) is 5.75 Å². The summed E-state index contributed by atoms with van der Waals surface area (Å²) in [5, 5.41) is 0. The maximum absolute atomic E-state index is 4.10. The van der Waals surface area contributed by atoms with Crippen molar-refractivity contribution in [3.05, 3.63) is 36.4 Å². The van der Waals surface area contributed by atoms with Crippen molar-refractivity contribution in [1.29, 1.82) is 0 Å². The molecule has 1 aromatic rings. The Balaban J connectivity index is 2.46. The van der Waals surface area contributed by atoms with E-state index >= 15 is 0 Å². The molecular weight excluding hydrogens is 164 g/mol. The Hall–Kier alpha value is -0.690. The molecule has 0 bridgehead atoms. The molecule has 0 atom stereocenters. The normalized spacial score (nSPS) is 16.8. The Bertz CT molecular complexity index is 302. The van der Waals surface area contributed by atoms with Crippen LogP contribution in [0.25, 0.3) is 5.57 Å². The van der Waals surface area contributed by atoms with Crippen molar-refractivity contribution < 1.29 is 0 Å². The van der Waals surface area contributed by atoms with E-state index in [9.17, 15) is 0 Å². The third kappa shape index (κ3) is 1.42. The predicted molar refractivity (Wildman–Crippen MR) is 55.4 cm³/mol. The number of benzene rings is 1. The molecule has 0 aromatic heterocycles. The van der Waals surface area contributed by atoms with Crippen molar-refractivity contribution >= 4 is 17.3 Å². The van der Waals surface area contributed by atoms with Gasteiger partial charge in [0.05, 0.1) is 0 Å². The van der Waals surface area contributed by atoms with E-state index in [1.165, 1.54) is 28.2 Å². The van der Waals surface area contributed by atoms with Crippen molar-refractivity contribution in [1.82, 2.24) is 0 Å². The molecule has 0 aliphatic carbocycles. The van der Waals surface area contributed by atoms with Crippen LogP contribution in [0.4, 0.5) is 0 Å². The molecule has 0 spiro atoms. The summed E-state index contributed by atoms with van der Waals surface area (Å²) in [6, 6.07) is 8.56. The number of thioether (sulfide) groups is 1. The predicted octanol–water partition coefficient (Wildman–Crippen LogP) is 3.59. The number of hydrogen-bond acceptors (Lipinski definition) is 1. The smallest absolute Gasteiger partial charge is 0.0147 e. The number of rotatable bonds is 0. The fourth-order valence-electron chi connectivity index (χ4n) is 1.49. The van der Waals surface area contributed by atoms with Crippen LogP contribution in [0, 0.1) is 0 Å². The van der Waals surface area contributed by atoms with Crippen LogP contribution in [0.3, 0.4) is 0 Å². The van der Waals surface area contributed by atoms with E-state index in [1.807, 2.05) is 11.8 Å². The van der Waals surface area contributed by atoms with Gasteiger partial charge in [0.25, 0.3) is 0 Å². The second kappa shape index (κ2) is 3.36. The van der Waals surface area contributed by atoms with Crippen LogP contribution < -0.4 is 0 Å². The van der Waals surface area contributed by atoms with E-state index < -0.39 is 0 Å². The van der Waals surface area contributed by atoms with Crippen LogP contribution >= 0.6 is 11.8 Å². The minimum Gasteiger partial charge on any atom is -0.126 e. The van der Waals surface area contributed by atoms with Crippen molar-refractivity contribution in [3.63, 3.8) is 0 Å². The number of hydrogen-bond donors (Lipinski definition) is 0. The molecule has 0 radical (unpaired) electrons. The van der Waals surface area contributed by atoms with E-state index in [1.54, 1.807) is 0 Å². The van der Waals surface area contributed by atoms with Crippen molar-refractivity contribution in [3.8, 4) is 0 Å². The molecule has 0 fully saturated rings. The zero-order valence-electron chi connectivity index (χ0n) is 7.05. The minimum absolute atomic E-state index is 1.16. The molecule has 1 heterocycles. The van der Waals surface area contributed by atoms with Crippen LogP contribution in [0.2, 0.25) is 0 Å². The Morgan fingerprint density at radius 1 is 1.25 bits per heavy atom. The van der Waals surface area contributed by atoms with Gasteiger partial charge in [0.15, 0.2) is 0 Å². The summed E-state index contributed by atoms with van der Waals surface area (Å²) in [6.07, 6.45) is 2.42. The lowest BCUT2D eigenvalue weighted by Gasteiger charge is -2.04. The van der Waals surface area contributed by atoms with Crippen LogP contribution in [0.5, 0.6) is 0 Å². The number of allylic oxidation sites excluding steroid dienone is 1. The Kier molecular flexibility index (Phi) is 2.22. The van der Waals surface area contributed by atoms with E-state index in [2.05, 4.69) is 30.8 Å². The zero-order valence-corrected chi connectivity index (χ0v) is 7.86. The van der Waals surface area contributed by atoms with Gasteiger partial charge in [-0.3, -0.25) is 0 Å². The van der Waals surface area contributed by atoms with E-state index in [0.29, 0.717) is 0 Å². The van der Waals surface area contributed by atoms with Crippen LogP contribution in [-0.2, 0) is 0 Å². The SMILES string of the molecule is C=C1CCCSc2ccccc21. The summed E-state index contributed by atoms with van der Waals surface area (Å²) >= 11 is 1.95. The topological polar surface area (TPSA) is 0 Å². The molecule has 0 saturated carbocycles. The van der Waals surface area contributed by atoms with E-state index in [-0.39, 0.29) is 0 Å². The van der Waals surface area contributed by atoms with Crippen molar-refractivity contribution in [2.24, 2.45) is 0 Å². The first-order valence-electron chi connectivity index (χ1n) is 4.28. The summed E-state index contributed by atoms with van der Waals surface area (Å²) in [5.41, 5.74) is 2.66. The summed E-state index contributed by atoms with van der Waals surface area (Å²) in [4.78, 5) is 1.40. The van der Waals surface area contributed by atoms with E-state index in [4.69, 9.17) is 0 Å². The highest BCUT2D eigenvalue weighted by atomic mass is 32.2. The third-order valence-corrected chi connectivity index (χ3v) is 3.31. The maximum atomic E-state index is 4.10. The fourth-order valence-corrected chi connectivity index (χ4v) is 2.54. The minimum atomic E-state index is 1.16. The van der Waals surface area contributed by atoms with Gasteiger partial charge in [0.2, 0.25) is 0 Å². The quantitative estimate of drug-likeness (QED) is 0.582. The average molecular weight is 176 g/mol. The van der Waals surface area contributed by atoms with Gasteiger partial charge in [0, 0.05) is 4.90 Å². The van der Waals surface area contributed by atoms with Gasteiger partial charge in [-0.05, 0) is 35.8 Å². The maximum Gasteiger partial charge on any atom is 0.0147 e. The molecule has 1 aromatic carbocycles. The molecule has 2 rings (SSSR count). The lowest BCUT2D eigenvalue weighted by Crippen LogP contribution is -1.81. The molecule has 1 heteroatoms. The standard InChI is InChI=1S/C11H12S/c1-9-5-4-8-12-11-7-3-2-6-10(9)11/h2-3,6-7H,1,4-5,8H2. The monoisotopic (exact) mass is 176 g/mol. The molecule has 1 aliphatic heterocycles.